The van der Waals surface area contributed by atoms with Crippen LogP contribution in [0.1, 0.15) is 52.0 Å². The number of rotatable bonds is 6. The van der Waals surface area contributed by atoms with Gasteiger partial charge in [0.25, 0.3) is 0 Å². The molecule has 0 radical (unpaired) electrons. The highest BCUT2D eigenvalue weighted by Gasteiger charge is 2.64. The number of fused-ring (bicyclic) bond motifs is 5. The molecule has 0 N–H and O–H groups in total. The minimum Gasteiger partial charge on any atom is -0.451 e. The van der Waals surface area contributed by atoms with E-state index in [9.17, 15) is 19.2 Å². The normalized spacial score (nSPS) is 26.4. The zero-order valence-electron chi connectivity index (χ0n) is 20.8. The van der Waals surface area contributed by atoms with E-state index >= 15 is 0 Å². The molecule has 7 heteroatoms. The Morgan fingerprint density at radius 3 is 2.32 bits per heavy atom. The van der Waals surface area contributed by atoms with E-state index in [4.69, 9.17) is 16.3 Å². The summed E-state index contributed by atoms with van der Waals surface area (Å²) in [7, 11) is 0. The first-order valence-electron chi connectivity index (χ1n) is 12.9. The van der Waals surface area contributed by atoms with Crippen molar-refractivity contribution in [3.8, 4) is 0 Å². The number of esters is 1. The molecule has 3 aromatic carbocycles. The third-order valence-electron chi connectivity index (χ3n) is 8.37. The van der Waals surface area contributed by atoms with E-state index < -0.39 is 12.1 Å². The number of anilines is 1. The molecule has 0 spiro atoms. The van der Waals surface area contributed by atoms with E-state index in [1.807, 2.05) is 18.2 Å². The zero-order valence-corrected chi connectivity index (χ0v) is 21.5. The summed E-state index contributed by atoms with van der Waals surface area (Å²) in [5.41, 5.74) is 2.13. The van der Waals surface area contributed by atoms with Crippen molar-refractivity contribution in [2.45, 2.75) is 31.8 Å². The molecule has 2 amide bonds. The second kappa shape index (κ2) is 9.52. The van der Waals surface area contributed by atoms with Crippen LogP contribution in [0.25, 0.3) is 0 Å². The van der Waals surface area contributed by atoms with Crippen molar-refractivity contribution < 1.29 is 23.9 Å². The summed E-state index contributed by atoms with van der Waals surface area (Å²) in [6, 6.07) is 22.9. The van der Waals surface area contributed by atoms with E-state index in [0.29, 0.717) is 16.3 Å². The van der Waals surface area contributed by atoms with Crippen LogP contribution >= 0.6 is 11.6 Å². The van der Waals surface area contributed by atoms with Gasteiger partial charge in [-0.2, -0.15) is 0 Å². The van der Waals surface area contributed by atoms with Crippen molar-refractivity contribution in [3.05, 3.63) is 101 Å². The van der Waals surface area contributed by atoms with Crippen LogP contribution in [0.3, 0.4) is 0 Å². The number of amides is 2. The van der Waals surface area contributed by atoms with Crippen LogP contribution in [0.2, 0.25) is 5.02 Å². The summed E-state index contributed by atoms with van der Waals surface area (Å²) < 4.78 is 5.43. The van der Waals surface area contributed by atoms with E-state index in [0.717, 1.165) is 12.8 Å². The molecular weight excluding hydrogens is 502 g/mol. The summed E-state index contributed by atoms with van der Waals surface area (Å²) >= 11 is 5.89. The standard InChI is InChI=1S/C31H26ClNO5/c1-17(28(34)19-10-12-22(32)13-11-19)38-31(37)20-8-5-9-23(14-20)33-29(35)26-21-15-24(18-6-3-2-4-7-18)25(16-21)27(26)30(33)36/h2-14,17,21,24-27H,15-16H2,1H3/t17-,21-,24-,25-,26+,27+/m1/s1. The third kappa shape index (κ3) is 4.04. The second-order valence-electron chi connectivity index (χ2n) is 10.4. The lowest BCUT2D eigenvalue weighted by molar-refractivity contribution is -0.123. The number of benzene rings is 3. The van der Waals surface area contributed by atoms with Gasteiger partial charge in [-0.3, -0.25) is 19.3 Å². The highest BCUT2D eigenvalue weighted by atomic mass is 35.5. The number of nitrogens with zero attached hydrogens (tertiary/aromatic N) is 1. The van der Waals surface area contributed by atoms with Crippen molar-refractivity contribution >= 4 is 40.9 Å². The number of carbonyl (C=O) groups is 4. The molecule has 3 fully saturated rings. The first-order valence-corrected chi connectivity index (χ1v) is 13.2. The van der Waals surface area contributed by atoms with Crippen LogP contribution in [-0.4, -0.2) is 29.7 Å². The Bertz CT molecular complexity index is 1440. The minimum atomic E-state index is -1.02. The van der Waals surface area contributed by atoms with Gasteiger partial charge in [0.1, 0.15) is 0 Å². The number of ether oxygens (including phenoxy) is 1. The lowest BCUT2D eigenvalue weighted by Gasteiger charge is -2.28. The molecule has 3 aromatic rings. The molecule has 2 aliphatic carbocycles. The van der Waals surface area contributed by atoms with Gasteiger partial charge in [-0.15, -0.1) is 0 Å². The van der Waals surface area contributed by atoms with Crippen LogP contribution in [-0.2, 0) is 14.3 Å². The van der Waals surface area contributed by atoms with Gasteiger partial charge in [0.05, 0.1) is 23.1 Å². The van der Waals surface area contributed by atoms with E-state index in [-0.39, 0.29) is 52.8 Å². The largest absolute Gasteiger partial charge is 0.451 e. The third-order valence-corrected chi connectivity index (χ3v) is 8.62. The van der Waals surface area contributed by atoms with Crippen molar-refractivity contribution in [1.29, 1.82) is 0 Å². The maximum Gasteiger partial charge on any atom is 0.338 e. The van der Waals surface area contributed by atoms with Gasteiger partial charge in [-0.25, -0.2) is 4.79 Å². The van der Waals surface area contributed by atoms with Crippen molar-refractivity contribution in [2.75, 3.05) is 4.90 Å². The number of carbonyl (C=O) groups excluding carboxylic acids is 4. The first kappa shape index (κ1) is 24.6. The number of hydrogen-bond acceptors (Lipinski definition) is 5. The molecule has 6 nitrogen and oxygen atoms in total. The zero-order chi connectivity index (χ0) is 26.6. The van der Waals surface area contributed by atoms with Crippen molar-refractivity contribution in [1.82, 2.24) is 0 Å². The topological polar surface area (TPSA) is 80.8 Å². The Morgan fingerprint density at radius 2 is 1.58 bits per heavy atom. The lowest BCUT2D eigenvalue weighted by atomic mass is 9.73. The average Bonchev–Trinajstić information content (AvgIpc) is 3.60. The predicted molar refractivity (Wildman–Crippen MR) is 142 cm³/mol. The Balaban J connectivity index is 1.19. The molecule has 3 aliphatic rings. The molecule has 6 atom stereocenters. The summed E-state index contributed by atoms with van der Waals surface area (Å²) in [5, 5.41) is 0.502. The monoisotopic (exact) mass is 527 g/mol. The summed E-state index contributed by atoms with van der Waals surface area (Å²) in [4.78, 5) is 54.0. The molecule has 38 heavy (non-hydrogen) atoms. The van der Waals surface area contributed by atoms with Crippen molar-refractivity contribution in [2.24, 2.45) is 23.7 Å². The molecule has 0 unspecified atom stereocenters. The first-order chi connectivity index (χ1) is 18.3. The summed E-state index contributed by atoms with van der Waals surface area (Å²) in [6.45, 7) is 1.51. The predicted octanol–water partition coefficient (Wildman–Crippen LogP) is 5.70. The van der Waals surface area contributed by atoms with Gasteiger partial charge in [-0.05, 0) is 85.5 Å². The molecule has 6 rings (SSSR count). The maximum absolute atomic E-state index is 13.6. The number of hydrogen-bond donors (Lipinski definition) is 0. The Morgan fingerprint density at radius 1 is 0.868 bits per heavy atom. The number of ketones is 1. The highest BCUT2D eigenvalue weighted by Crippen LogP contribution is 2.61. The minimum absolute atomic E-state index is 0.140. The molecule has 1 saturated heterocycles. The molecular formula is C31H26ClNO5. The number of Topliss-reactive ketones (excluding diaryl/α,β-unsaturated/α-hetero) is 1. The van der Waals surface area contributed by atoms with Crippen LogP contribution in [0, 0.1) is 23.7 Å². The summed E-state index contributed by atoms with van der Waals surface area (Å²) in [5.74, 6) is -1.47. The summed E-state index contributed by atoms with van der Waals surface area (Å²) in [6.07, 6.45) is 0.785. The molecule has 2 bridgehead atoms. The number of imide groups is 1. The Hall–Kier alpha value is -3.77. The van der Waals surface area contributed by atoms with Crippen LogP contribution in [0.15, 0.2) is 78.9 Å². The molecule has 2 saturated carbocycles. The fraction of sp³-hybridized carbons (Fsp3) is 0.290. The quantitative estimate of drug-likeness (QED) is 0.233. The Labute approximate surface area is 225 Å². The van der Waals surface area contributed by atoms with Gasteiger partial charge in [0.15, 0.2) is 6.10 Å². The lowest BCUT2D eigenvalue weighted by Crippen LogP contribution is -2.33. The van der Waals surface area contributed by atoms with Crippen molar-refractivity contribution in [3.63, 3.8) is 0 Å². The van der Waals surface area contributed by atoms with E-state index in [1.165, 1.54) is 23.5 Å². The van der Waals surface area contributed by atoms with Gasteiger partial charge >= 0.3 is 5.97 Å². The van der Waals surface area contributed by atoms with Crippen LogP contribution in [0.5, 0.6) is 0 Å². The molecule has 0 aromatic heterocycles. The molecule has 1 aliphatic heterocycles. The average molecular weight is 528 g/mol. The van der Waals surface area contributed by atoms with E-state index in [2.05, 4.69) is 12.1 Å². The highest BCUT2D eigenvalue weighted by molar-refractivity contribution is 6.30. The maximum atomic E-state index is 13.6. The van der Waals surface area contributed by atoms with Gasteiger partial charge < -0.3 is 4.74 Å². The van der Waals surface area contributed by atoms with E-state index in [1.54, 1.807) is 42.5 Å². The van der Waals surface area contributed by atoms with Gasteiger partial charge in [0.2, 0.25) is 17.6 Å². The second-order valence-corrected chi connectivity index (χ2v) is 10.9. The van der Waals surface area contributed by atoms with Crippen LogP contribution < -0.4 is 4.90 Å². The number of halogens is 1. The fourth-order valence-electron chi connectivity index (χ4n) is 6.70. The Kier molecular flexibility index (Phi) is 6.15. The fourth-order valence-corrected chi connectivity index (χ4v) is 6.83. The SMILES string of the molecule is C[C@@H](OC(=O)c1cccc(N2C(=O)[C@H]3[C@H]4C[C@@H]([C@@H]3C2=O)[C@@H](c2ccccc2)C4)c1)C(=O)c1ccc(Cl)cc1. The van der Waals surface area contributed by atoms with Crippen LogP contribution in [0.4, 0.5) is 5.69 Å². The molecule has 192 valence electrons. The molecule has 1 heterocycles. The van der Waals surface area contributed by atoms with Gasteiger partial charge in [-0.1, -0.05) is 48.0 Å². The van der Waals surface area contributed by atoms with Gasteiger partial charge in [0, 0.05) is 10.6 Å². The smallest absolute Gasteiger partial charge is 0.338 e.